The third-order valence-electron chi connectivity index (χ3n) is 4.93. The van der Waals surface area contributed by atoms with Crippen LogP contribution in [0.3, 0.4) is 0 Å². The fraction of sp³-hybridized carbons (Fsp3) is 0.400. The number of benzene rings is 1. The number of hydrogen-bond acceptors (Lipinski definition) is 2. The van der Waals surface area contributed by atoms with Gasteiger partial charge in [-0.25, -0.2) is 0 Å². The maximum atomic E-state index is 6.15. The van der Waals surface area contributed by atoms with E-state index in [0.29, 0.717) is 0 Å². The van der Waals surface area contributed by atoms with Crippen LogP contribution in [0.1, 0.15) is 29.5 Å². The summed E-state index contributed by atoms with van der Waals surface area (Å²) in [6.07, 6.45) is 7.08. The lowest BCUT2D eigenvalue weighted by molar-refractivity contribution is 0.645. The zero-order valence-corrected chi connectivity index (χ0v) is 15.6. The minimum Gasteiger partial charge on any atom is -0.356 e. The molecule has 0 amide bonds. The first kappa shape index (κ1) is 17.7. The average molecular weight is 357 g/mol. The van der Waals surface area contributed by atoms with Crippen molar-refractivity contribution in [1.29, 1.82) is 0 Å². The predicted molar refractivity (Wildman–Crippen MR) is 104 cm³/mol. The van der Waals surface area contributed by atoms with Crippen molar-refractivity contribution in [1.82, 2.24) is 15.6 Å². The van der Waals surface area contributed by atoms with Gasteiger partial charge in [-0.1, -0.05) is 23.7 Å². The number of aliphatic imine (C=N–C) groups is 1. The normalized spacial score (nSPS) is 15.7. The molecule has 1 saturated carbocycles. The van der Waals surface area contributed by atoms with Gasteiger partial charge in [0.1, 0.15) is 0 Å². The lowest BCUT2D eigenvalue weighted by Crippen LogP contribution is -2.42. The molecule has 1 aliphatic rings. The van der Waals surface area contributed by atoms with Crippen molar-refractivity contribution >= 4 is 17.6 Å². The van der Waals surface area contributed by atoms with Crippen molar-refractivity contribution < 1.29 is 0 Å². The number of nitrogens with zero attached hydrogens (tertiary/aromatic N) is 2. The SMILES string of the molecule is CN=C(NCCc1ccncc1C)NCC1(c2cccc(Cl)c2)CC1. The maximum absolute atomic E-state index is 6.15. The van der Waals surface area contributed by atoms with E-state index < -0.39 is 0 Å². The van der Waals surface area contributed by atoms with Crippen LogP contribution in [0.4, 0.5) is 0 Å². The van der Waals surface area contributed by atoms with Gasteiger partial charge in [-0.3, -0.25) is 9.98 Å². The molecule has 1 aromatic heterocycles. The van der Waals surface area contributed by atoms with Crippen LogP contribution >= 0.6 is 11.6 Å². The molecule has 3 rings (SSSR count). The van der Waals surface area contributed by atoms with Gasteiger partial charge in [-0.05, 0) is 61.1 Å². The molecule has 1 aromatic carbocycles. The summed E-state index contributed by atoms with van der Waals surface area (Å²) in [7, 11) is 1.81. The van der Waals surface area contributed by atoms with Gasteiger partial charge in [0.05, 0.1) is 0 Å². The molecule has 0 unspecified atom stereocenters. The van der Waals surface area contributed by atoms with Gasteiger partial charge < -0.3 is 10.6 Å². The average Bonchev–Trinajstić information content (AvgIpc) is 3.41. The molecule has 0 radical (unpaired) electrons. The molecule has 1 fully saturated rings. The summed E-state index contributed by atoms with van der Waals surface area (Å²) in [6.45, 7) is 3.81. The minimum absolute atomic E-state index is 0.199. The number of hydrogen-bond donors (Lipinski definition) is 2. The third kappa shape index (κ3) is 4.51. The Morgan fingerprint density at radius 1 is 1.28 bits per heavy atom. The van der Waals surface area contributed by atoms with Crippen LogP contribution in [0.5, 0.6) is 0 Å². The summed E-state index contributed by atoms with van der Waals surface area (Å²) < 4.78 is 0. The molecule has 4 nitrogen and oxygen atoms in total. The number of nitrogens with one attached hydrogen (secondary N) is 2. The molecule has 132 valence electrons. The lowest BCUT2D eigenvalue weighted by Gasteiger charge is -2.19. The molecule has 1 heterocycles. The number of rotatable bonds is 6. The van der Waals surface area contributed by atoms with Gasteiger partial charge in [0.2, 0.25) is 0 Å². The van der Waals surface area contributed by atoms with Crippen LogP contribution in [0, 0.1) is 6.92 Å². The van der Waals surface area contributed by atoms with Crippen molar-refractivity contribution in [3.63, 3.8) is 0 Å². The Labute approximate surface area is 154 Å². The highest BCUT2D eigenvalue weighted by molar-refractivity contribution is 6.30. The lowest BCUT2D eigenvalue weighted by atomic mass is 9.96. The highest BCUT2D eigenvalue weighted by Gasteiger charge is 2.44. The first-order valence-corrected chi connectivity index (χ1v) is 9.11. The molecule has 0 bridgehead atoms. The van der Waals surface area contributed by atoms with Crippen LogP contribution in [-0.4, -0.2) is 31.1 Å². The summed E-state index contributed by atoms with van der Waals surface area (Å²) in [6, 6.07) is 10.3. The minimum atomic E-state index is 0.199. The number of halogens is 1. The highest BCUT2D eigenvalue weighted by atomic mass is 35.5. The van der Waals surface area contributed by atoms with Crippen LogP contribution in [0.2, 0.25) is 5.02 Å². The van der Waals surface area contributed by atoms with Crippen LogP contribution in [0.25, 0.3) is 0 Å². The summed E-state index contributed by atoms with van der Waals surface area (Å²) in [5.74, 6) is 0.847. The molecule has 1 aliphatic carbocycles. The zero-order valence-electron chi connectivity index (χ0n) is 14.8. The molecule has 25 heavy (non-hydrogen) atoms. The fourth-order valence-electron chi connectivity index (χ4n) is 3.11. The molecule has 5 heteroatoms. The van der Waals surface area contributed by atoms with E-state index in [0.717, 1.165) is 30.5 Å². The predicted octanol–water partition coefficient (Wildman–Crippen LogP) is 3.48. The smallest absolute Gasteiger partial charge is 0.191 e. The van der Waals surface area contributed by atoms with Gasteiger partial charge in [-0.15, -0.1) is 0 Å². The molecular formula is C20H25ClN4. The van der Waals surface area contributed by atoms with Crippen molar-refractivity contribution in [2.75, 3.05) is 20.1 Å². The third-order valence-corrected chi connectivity index (χ3v) is 5.17. The maximum Gasteiger partial charge on any atom is 0.191 e. The molecule has 0 spiro atoms. The van der Waals surface area contributed by atoms with Gasteiger partial charge in [-0.2, -0.15) is 0 Å². The molecule has 0 atom stereocenters. The van der Waals surface area contributed by atoms with Crippen LogP contribution in [-0.2, 0) is 11.8 Å². The second-order valence-electron chi connectivity index (χ2n) is 6.70. The second-order valence-corrected chi connectivity index (χ2v) is 7.13. The van der Waals surface area contributed by atoms with E-state index in [1.54, 1.807) is 0 Å². The number of guanidine groups is 1. The number of aryl methyl sites for hydroxylation is 1. The van der Waals surface area contributed by atoms with Crippen LogP contribution in [0.15, 0.2) is 47.7 Å². The van der Waals surface area contributed by atoms with E-state index in [4.69, 9.17) is 11.6 Å². The fourth-order valence-corrected chi connectivity index (χ4v) is 3.30. The molecule has 2 aromatic rings. The largest absolute Gasteiger partial charge is 0.356 e. The topological polar surface area (TPSA) is 49.3 Å². The molecule has 0 saturated heterocycles. The summed E-state index contributed by atoms with van der Waals surface area (Å²) in [5, 5.41) is 7.68. The monoisotopic (exact) mass is 356 g/mol. The summed E-state index contributed by atoms with van der Waals surface area (Å²) >= 11 is 6.15. The summed E-state index contributed by atoms with van der Waals surface area (Å²) in [4.78, 5) is 8.48. The van der Waals surface area contributed by atoms with Crippen LogP contribution < -0.4 is 10.6 Å². The van der Waals surface area contributed by atoms with E-state index in [2.05, 4.69) is 45.7 Å². The van der Waals surface area contributed by atoms with Crippen molar-refractivity contribution in [2.45, 2.75) is 31.6 Å². The molecule has 0 aliphatic heterocycles. The van der Waals surface area contributed by atoms with Gasteiger partial charge in [0.15, 0.2) is 5.96 Å². The van der Waals surface area contributed by atoms with E-state index >= 15 is 0 Å². The van der Waals surface area contributed by atoms with Crippen molar-refractivity contribution in [3.05, 3.63) is 64.4 Å². The van der Waals surface area contributed by atoms with E-state index in [1.807, 2.05) is 31.6 Å². The summed E-state index contributed by atoms with van der Waals surface area (Å²) in [5.41, 5.74) is 4.06. The van der Waals surface area contributed by atoms with E-state index in [1.165, 1.54) is 29.5 Å². The quantitative estimate of drug-likeness (QED) is 0.615. The molecule has 2 N–H and O–H groups in total. The number of aromatic nitrogens is 1. The van der Waals surface area contributed by atoms with E-state index in [9.17, 15) is 0 Å². The molecular weight excluding hydrogens is 332 g/mol. The Balaban J connectivity index is 1.51. The Hall–Kier alpha value is -2.07. The van der Waals surface area contributed by atoms with Crippen molar-refractivity contribution in [3.8, 4) is 0 Å². The Kier molecular flexibility index (Phi) is 5.59. The Bertz CT molecular complexity index is 753. The van der Waals surface area contributed by atoms with Crippen molar-refractivity contribution in [2.24, 2.45) is 4.99 Å². The van der Waals surface area contributed by atoms with Gasteiger partial charge in [0, 0.05) is 43.0 Å². The zero-order chi connectivity index (χ0) is 17.7. The first-order valence-electron chi connectivity index (χ1n) is 8.73. The van der Waals surface area contributed by atoms with Gasteiger partial charge in [0.25, 0.3) is 0 Å². The Morgan fingerprint density at radius 2 is 2.12 bits per heavy atom. The number of pyridine rings is 1. The highest BCUT2D eigenvalue weighted by Crippen LogP contribution is 2.48. The first-order chi connectivity index (χ1) is 12.1. The van der Waals surface area contributed by atoms with E-state index in [-0.39, 0.29) is 5.41 Å². The Morgan fingerprint density at radius 3 is 2.80 bits per heavy atom. The standard InChI is InChI=1S/C20H25ClN4/c1-15-13-23-10-6-16(15)7-11-24-19(22-2)25-14-20(8-9-20)17-4-3-5-18(21)12-17/h3-6,10,12-13H,7-9,11,14H2,1-2H3,(H2,22,24,25). The van der Waals surface area contributed by atoms with Gasteiger partial charge >= 0.3 is 0 Å². The second kappa shape index (κ2) is 7.87.